The van der Waals surface area contributed by atoms with Gasteiger partial charge in [-0.15, -0.1) is 0 Å². The molecule has 1 saturated heterocycles. The van der Waals surface area contributed by atoms with E-state index >= 15 is 0 Å². The van der Waals surface area contributed by atoms with Crippen LogP contribution in [0.3, 0.4) is 0 Å². The van der Waals surface area contributed by atoms with E-state index in [1.807, 2.05) is 17.8 Å². The van der Waals surface area contributed by atoms with Crippen LogP contribution in [0.1, 0.15) is 69.5 Å². The molecule has 1 fully saturated rings. The highest BCUT2D eigenvalue weighted by atomic mass is 16.6. The second-order valence-electron chi connectivity index (χ2n) is 9.98. The van der Waals surface area contributed by atoms with Crippen molar-refractivity contribution in [1.29, 1.82) is 0 Å². The van der Waals surface area contributed by atoms with Crippen LogP contribution in [0.4, 0.5) is 11.8 Å². The monoisotopic (exact) mass is 539 g/mol. The first-order chi connectivity index (χ1) is 18.9. The lowest BCUT2D eigenvalue weighted by Crippen LogP contribution is -2.29. The molecule has 0 bridgehead atoms. The minimum absolute atomic E-state index is 0.206. The van der Waals surface area contributed by atoms with Gasteiger partial charge in [0.15, 0.2) is 29.0 Å². The summed E-state index contributed by atoms with van der Waals surface area (Å²) in [5.41, 5.74) is 2.76. The van der Waals surface area contributed by atoms with Gasteiger partial charge < -0.3 is 34.7 Å². The fraction of sp³-hybridized carbons (Fsp3) is 0.577. The van der Waals surface area contributed by atoms with Crippen LogP contribution >= 0.6 is 0 Å². The number of aromatic nitrogens is 7. The first-order valence-electron chi connectivity index (χ1n) is 13.6. The molecule has 0 saturated carbocycles. The molecule has 210 valence electrons. The Bertz CT molecular complexity index is 1380. The fourth-order valence-electron chi connectivity index (χ4n) is 4.83. The third kappa shape index (κ3) is 5.60. The number of aliphatic hydroxyl groups excluding tert-OH is 2. The Balaban J connectivity index is 1.44. The number of rotatable bonds is 12. The molecule has 4 aromatic heterocycles. The van der Waals surface area contributed by atoms with Crippen molar-refractivity contribution in [3.05, 3.63) is 42.1 Å². The largest absolute Gasteiger partial charge is 0.387 e. The van der Waals surface area contributed by atoms with Crippen molar-refractivity contribution in [2.45, 2.75) is 83.5 Å². The molecular weight excluding hydrogens is 502 g/mol. The van der Waals surface area contributed by atoms with Gasteiger partial charge in [-0.2, -0.15) is 9.97 Å². The molecule has 1 aliphatic heterocycles. The molecule has 0 aromatic carbocycles. The number of nitrogens with zero attached hydrogens (tertiary/aromatic N) is 7. The van der Waals surface area contributed by atoms with Gasteiger partial charge in [0.25, 0.3) is 0 Å². The number of hydrogen-bond donors (Lipinski definition) is 4. The second-order valence-corrected chi connectivity index (χ2v) is 9.98. The zero-order chi connectivity index (χ0) is 27.5. The molecule has 4 N–H and O–H groups in total. The maximum absolute atomic E-state index is 11.0. The summed E-state index contributed by atoms with van der Waals surface area (Å²) >= 11 is 0. The van der Waals surface area contributed by atoms with Crippen LogP contribution < -0.4 is 10.6 Å². The molecule has 39 heavy (non-hydrogen) atoms. The lowest BCUT2D eigenvalue weighted by molar-refractivity contribution is -0.0434. The van der Waals surface area contributed by atoms with Gasteiger partial charge >= 0.3 is 0 Å². The van der Waals surface area contributed by atoms with E-state index in [0.717, 1.165) is 37.1 Å². The molecular formula is C26H37N9O4. The van der Waals surface area contributed by atoms with Crippen molar-refractivity contribution in [3.63, 3.8) is 0 Å². The summed E-state index contributed by atoms with van der Waals surface area (Å²) in [5.74, 6) is 1.38. The normalized spacial score (nSPS) is 21.3. The van der Waals surface area contributed by atoms with E-state index in [4.69, 9.17) is 19.2 Å². The number of fused-ring (bicyclic) bond motifs is 1. The van der Waals surface area contributed by atoms with Crippen molar-refractivity contribution >= 4 is 22.9 Å². The first-order valence-corrected chi connectivity index (χ1v) is 13.6. The molecule has 0 aliphatic carbocycles. The van der Waals surface area contributed by atoms with Crippen LogP contribution in [0, 0.1) is 0 Å². The summed E-state index contributed by atoms with van der Waals surface area (Å²) < 4.78 is 15.1. The predicted octanol–water partition coefficient (Wildman–Crippen LogP) is 2.75. The number of hydrogen-bond acceptors (Lipinski definition) is 11. The quantitative estimate of drug-likeness (QED) is 0.209. The van der Waals surface area contributed by atoms with Crippen molar-refractivity contribution in [1.82, 2.24) is 34.2 Å². The second kappa shape index (κ2) is 11.7. The van der Waals surface area contributed by atoms with Gasteiger partial charge in [0.05, 0.1) is 24.0 Å². The average Bonchev–Trinajstić information content (AvgIpc) is 3.71. The van der Waals surface area contributed by atoms with Gasteiger partial charge in [0.1, 0.15) is 18.3 Å². The Hall–Kier alpha value is -3.55. The molecule has 4 aromatic rings. The Morgan fingerprint density at radius 2 is 1.85 bits per heavy atom. The van der Waals surface area contributed by atoms with Crippen molar-refractivity contribution < 1.29 is 19.5 Å². The highest BCUT2D eigenvalue weighted by Gasteiger charge is 2.47. The minimum Gasteiger partial charge on any atom is -0.387 e. The van der Waals surface area contributed by atoms with E-state index in [1.165, 1.54) is 0 Å². The summed E-state index contributed by atoms with van der Waals surface area (Å²) in [6.45, 7) is 6.86. The van der Waals surface area contributed by atoms with E-state index in [-0.39, 0.29) is 6.04 Å². The molecule has 4 unspecified atom stereocenters. The number of ether oxygens (including phenoxy) is 1. The number of anilines is 2. The van der Waals surface area contributed by atoms with Gasteiger partial charge in [-0.25, -0.2) is 9.97 Å². The van der Waals surface area contributed by atoms with E-state index in [0.29, 0.717) is 41.7 Å². The van der Waals surface area contributed by atoms with Crippen LogP contribution in [0.5, 0.6) is 0 Å². The molecule has 4 atom stereocenters. The summed E-state index contributed by atoms with van der Waals surface area (Å²) in [4.78, 5) is 18.4. The van der Waals surface area contributed by atoms with Crippen LogP contribution in [0.2, 0.25) is 0 Å². The van der Waals surface area contributed by atoms with Crippen LogP contribution in [0.15, 0.2) is 29.4 Å². The smallest absolute Gasteiger partial charge is 0.226 e. The zero-order valence-corrected chi connectivity index (χ0v) is 22.8. The third-order valence-electron chi connectivity index (χ3n) is 7.05. The minimum atomic E-state index is -1.24. The van der Waals surface area contributed by atoms with Crippen molar-refractivity contribution in [2.24, 2.45) is 7.05 Å². The Kier molecular flexibility index (Phi) is 8.10. The van der Waals surface area contributed by atoms with Gasteiger partial charge in [0.2, 0.25) is 5.95 Å². The standard InChI is InChI=1S/C26H37N9O4/c1-5-8-16-11-18(39-33-16)22-20(36)21(37)25(38-22)35-14-29-19-23(30-15(6-2)7-3)31-26(32-24(19)35)27-10-9-17-12-34(4)13-28-17/h11-15,20-22,25,36-37H,5-10H2,1-4H3,(H2,27,30,31,32). The average molecular weight is 540 g/mol. The number of aliphatic hydroxyl groups is 2. The maximum atomic E-state index is 11.0. The summed E-state index contributed by atoms with van der Waals surface area (Å²) in [6.07, 6.45) is 5.24. The SMILES string of the molecule is CCCc1cc(C2OC(n3cnc4c(NC(CC)CC)nc(NCCc5cn(C)cn5)nc43)C(O)C2O)on1. The highest BCUT2D eigenvalue weighted by Crippen LogP contribution is 2.40. The molecule has 5 heterocycles. The van der Waals surface area contributed by atoms with Gasteiger partial charge in [-0.1, -0.05) is 32.3 Å². The van der Waals surface area contributed by atoms with Crippen molar-refractivity contribution in [3.8, 4) is 0 Å². The Morgan fingerprint density at radius 1 is 1.03 bits per heavy atom. The predicted molar refractivity (Wildman–Crippen MR) is 144 cm³/mol. The molecule has 13 nitrogen and oxygen atoms in total. The summed E-state index contributed by atoms with van der Waals surface area (Å²) in [7, 11) is 1.94. The van der Waals surface area contributed by atoms with E-state index in [9.17, 15) is 10.2 Å². The lowest BCUT2D eigenvalue weighted by atomic mass is 10.1. The van der Waals surface area contributed by atoms with Crippen molar-refractivity contribution in [2.75, 3.05) is 17.2 Å². The van der Waals surface area contributed by atoms with Gasteiger partial charge in [-0.05, 0) is 19.3 Å². The number of imidazole rings is 2. The highest BCUT2D eigenvalue weighted by molar-refractivity contribution is 5.84. The van der Waals surface area contributed by atoms with E-state index in [1.54, 1.807) is 23.3 Å². The topological polar surface area (TPSA) is 161 Å². The molecule has 0 radical (unpaired) electrons. The van der Waals surface area contributed by atoms with Gasteiger partial charge in [0, 0.05) is 38.3 Å². The maximum Gasteiger partial charge on any atom is 0.226 e. The van der Waals surface area contributed by atoms with E-state index in [2.05, 4.69) is 46.5 Å². The molecule has 5 rings (SSSR count). The molecule has 13 heteroatoms. The summed E-state index contributed by atoms with van der Waals surface area (Å²) in [5, 5.41) is 32.7. The van der Waals surface area contributed by atoms with E-state index < -0.39 is 24.5 Å². The van der Waals surface area contributed by atoms with Crippen LogP contribution in [-0.2, 0) is 24.6 Å². The third-order valence-corrected chi connectivity index (χ3v) is 7.05. The van der Waals surface area contributed by atoms with Gasteiger partial charge in [-0.3, -0.25) is 4.57 Å². The molecule has 0 amide bonds. The summed E-state index contributed by atoms with van der Waals surface area (Å²) in [6, 6.07) is 1.97. The fourth-order valence-corrected chi connectivity index (χ4v) is 4.83. The first kappa shape index (κ1) is 27.0. The zero-order valence-electron chi connectivity index (χ0n) is 22.8. The Morgan fingerprint density at radius 3 is 2.56 bits per heavy atom. The molecule has 0 spiro atoms. The van der Waals surface area contributed by atoms with Crippen LogP contribution in [0.25, 0.3) is 11.2 Å². The Labute approximate surface area is 226 Å². The van der Waals surface area contributed by atoms with Crippen LogP contribution in [-0.4, -0.2) is 69.2 Å². The number of aryl methyl sites for hydroxylation is 2. The molecule has 1 aliphatic rings. The number of nitrogens with one attached hydrogen (secondary N) is 2. The lowest BCUT2D eigenvalue weighted by Gasteiger charge is -2.18.